The zero-order chi connectivity index (χ0) is 8.97. The fourth-order valence-corrected chi connectivity index (χ4v) is 0.982. The highest BCUT2D eigenvalue weighted by Gasteiger charge is 2.06. The van der Waals surface area contributed by atoms with Gasteiger partial charge in [-0.3, -0.25) is 4.90 Å². The number of hydrogen-bond acceptors (Lipinski definition) is 2. The van der Waals surface area contributed by atoms with Crippen molar-refractivity contribution < 1.29 is 9.53 Å². The predicted molar refractivity (Wildman–Crippen MR) is 49.5 cm³/mol. The fraction of sp³-hybridized carbons (Fsp3) is 0.125. The molecule has 1 rings (SSSR count). The molecule has 12 heavy (non-hydrogen) atoms. The molecule has 1 amide bonds. The Morgan fingerprint density at radius 2 is 2.33 bits per heavy atom. The second-order valence-electron chi connectivity index (χ2n) is 2.09. The van der Waals surface area contributed by atoms with Gasteiger partial charge < -0.3 is 4.74 Å². The largest absolute Gasteiger partial charge is 0.452 e. The van der Waals surface area contributed by atoms with Crippen molar-refractivity contribution in [2.45, 2.75) is 0 Å². The van der Waals surface area contributed by atoms with E-state index in [0.717, 1.165) is 4.48 Å². The number of amides is 1. The summed E-state index contributed by atoms with van der Waals surface area (Å²) in [5, 5.41) is 0. The fourth-order valence-electron chi connectivity index (χ4n) is 0.712. The van der Waals surface area contributed by atoms with Gasteiger partial charge in [-0.05, 0) is 18.2 Å². The molecule has 0 radical (unpaired) electrons. The van der Waals surface area contributed by atoms with Gasteiger partial charge in [0, 0.05) is 16.9 Å². The molecule has 0 N–H and O–H groups in total. The number of halogens is 1. The number of carbonyl (C=O) groups is 1. The highest BCUT2D eigenvalue weighted by Crippen LogP contribution is 2.11. The molecule has 1 aliphatic heterocycles. The summed E-state index contributed by atoms with van der Waals surface area (Å²) in [5.41, 5.74) is 0. The van der Waals surface area contributed by atoms with E-state index in [-0.39, 0.29) is 0 Å². The Morgan fingerprint density at radius 3 is 3.00 bits per heavy atom. The van der Waals surface area contributed by atoms with Gasteiger partial charge in [0.1, 0.15) is 0 Å². The van der Waals surface area contributed by atoms with Crippen molar-refractivity contribution in [3.63, 3.8) is 0 Å². The summed E-state index contributed by atoms with van der Waals surface area (Å²) in [4.78, 5) is 12.3. The minimum absolute atomic E-state index is 0.405. The number of ether oxygens (including phenoxy) is 1. The SMILES string of the molecule is COC(=O)N1C=CC=C(Br)C=C1. The first-order valence-electron chi connectivity index (χ1n) is 3.32. The molecule has 0 aromatic heterocycles. The van der Waals surface area contributed by atoms with E-state index in [1.165, 1.54) is 12.0 Å². The molecule has 0 bridgehead atoms. The average molecular weight is 230 g/mol. The minimum Gasteiger partial charge on any atom is -0.452 e. The molecule has 0 saturated carbocycles. The third-order valence-corrected chi connectivity index (χ3v) is 1.81. The van der Waals surface area contributed by atoms with E-state index in [2.05, 4.69) is 20.7 Å². The van der Waals surface area contributed by atoms with E-state index in [1.54, 1.807) is 24.6 Å². The first-order chi connectivity index (χ1) is 5.74. The van der Waals surface area contributed by atoms with Crippen molar-refractivity contribution in [1.29, 1.82) is 0 Å². The monoisotopic (exact) mass is 229 g/mol. The van der Waals surface area contributed by atoms with E-state index in [4.69, 9.17) is 0 Å². The molecule has 1 heterocycles. The lowest BCUT2D eigenvalue weighted by Crippen LogP contribution is -2.18. The normalized spacial score (nSPS) is 15.5. The standard InChI is InChI=1S/C8H8BrNO2/c1-12-8(11)10-5-2-3-7(9)4-6-10/h2-6H,1H3. The quantitative estimate of drug-likeness (QED) is 0.639. The number of rotatable bonds is 0. The van der Waals surface area contributed by atoms with Crippen molar-refractivity contribution in [1.82, 2.24) is 4.90 Å². The van der Waals surface area contributed by atoms with E-state index in [0.29, 0.717) is 0 Å². The Morgan fingerprint density at radius 1 is 1.58 bits per heavy atom. The zero-order valence-corrected chi connectivity index (χ0v) is 8.11. The van der Waals surface area contributed by atoms with Gasteiger partial charge in [-0.25, -0.2) is 4.79 Å². The molecule has 0 spiro atoms. The Balaban J connectivity index is 2.73. The van der Waals surface area contributed by atoms with Crippen LogP contribution in [0.5, 0.6) is 0 Å². The lowest BCUT2D eigenvalue weighted by molar-refractivity contribution is 0.152. The summed E-state index contributed by atoms with van der Waals surface area (Å²) >= 11 is 3.28. The van der Waals surface area contributed by atoms with Crippen LogP contribution in [-0.4, -0.2) is 18.1 Å². The molecule has 1 aliphatic rings. The Hall–Kier alpha value is -1.03. The second kappa shape index (κ2) is 4.11. The van der Waals surface area contributed by atoms with Crippen molar-refractivity contribution in [2.24, 2.45) is 0 Å². The molecule has 64 valence electrons. The highest BCUT2D eigenvalue weighted by molar-refractivity contribution is 9.11. The lowest BCUT2D eigenvalue weighted by atomic mass is 10.5. The van der Waals surface area contributed by atoms with Crippen LogP contribution < -0.4 is 0 Å². The lowest BCUT2D eigenvalue weighted by Gasteiger charge is -2.09. The summed E-state index contributed by atoms with van der Waals surface area (Å²) in [7, 11) is 1.34. The van der Waals surface area contributed by atoms with Gasteiger partial charge in [0.15, 0.2) is 0 Å². The molecular formula is C8H8BrNO2. The topological polar surface area (TPSA) is 29.5 Å². The van der Waals surface area contributed by atoms with Crippen molar-refractivity contribution >= 4 is 22.0 Å². The van der Waals surface area contributed by atoms with E-state index >= 15 is 0 Å². The van der Waals surface area contributed by atoms with Crippen LogP contribution in [0.15, 0.2) is 35.1 Å². The predicted octanol–water partition coefficient (Wildman–Crippen LogP) is 2.37. The van der Waals surface area contributed by atoms with Crippen LogP contribution in [0.4, 0.5) is 4.79 Å². The first-order valence-corrected chi connectivity index (χ1v) is 4.12. The number of nitrogens with zero attached hydrogens (tertiary/aromatic N) is 1. The maximum Gasteiger partial charge on any atom is 0.417 e. The average Bonchev–Trinajstić information content (AvgIpc) is 2.29. The summed E-state index contributed by atoms with van der Waals surface area (Å²) in [5.74, 6) is 0. The van der Waals surface area contributed by atoms with Crippen molar-refractivity contribution in [3.05, 3.63) is 35.1 Å². The second-order valence-corrected chi connectivity index (χ2v) is 3.00. The van der Waals surface area contributed by atoms with Crippen LogP contribution in [0.3, 0.4) is 0 Å². The van der Waals surface area contributed by atoms with Gasteiger partial charge in [-0.1, -0.05) is 15.9 Å². The van der Waals surface area contributed by atoms with E-state index in [9.17, 15) is 4.79 Å². The maximum atomic E-state index is 11.0. The van der Waals surface area contributed by atoms with Gasteiger partial charge in [0.25, 0.3) is 0 Å². The van der Waals surface area contributed by atoms with Gasteiger partial charge in [0.05, 0.1) is 7.11 Å². The van der Waals surface area contributed by atoms with E-state index < -0.39 is 6.09 Å². The molecule has 0 aromatic carbocycles. The Kier molecular flexibility index (Phi) is 3.10. The Labute approximate surface area is 79.1 Å². The van der Waals surface area contributed by atoms with Crippen molar-refractivity contribution in [3.8, 4) is 0 Å². The molecule has 3 nitrogen and oxygen atoms in total. The summed E-state index contributed by atoms with van der Waals surface area (Å²) in [6.07, 6.45) is 8.18. The molecule has 0 aromatic rings. The van der Waals surface area contributed by atoms with Gasteiger partial charge in [0.2, 0.25) is 0 Å². The van der Waals surface area contributed by atoms with Crippen molar-refractivity contribution in [2.75, 3.05) is 7.11 Å². The minimum atomic E-state index is -0.405. The molecule has 0 atom stereocenters. The zero-order valence-electron chi connectivity index (χ0n) is 6.53. The molecule has 0 unspecified atom stereocenters. The number of carbonyl (C=O) groups excluding carboxylic acids is 1. The van der Waals surface area contributed by atoms with Crippen LogP contribution in [0.1, 0.15) is 0 Å². The van der Waals surface area contributed by atoms with E-state index in [1.807, 2.05) is 6.08 Å². The van der Waals surface area contributed by atoms with Gasteiger partial charge in [-0.2, -0.15) is 0 Å². The highest BCUT2D eigenvalue weighted by atomic mass is 79.9. The third kappa shape index (κ3) is 2.23. The number of hydrogen-bond donors (Lipinski definition) is 0. The number of allylic oxidation sites excluding steroid dienone is 4. The molecule has 0 saturated heterocycles. The Bertz CT molecular complexity index is 268. The maximum absolute atomic E-state index is 11.0. The smallest absolute Gasteiger partial charge is 0.417 e. The molecule has 0 fully saturated rings. The molecule has 0 aliphatic carbocycles. The summed E-state index contributed by atoms with van der Waals surface area (Å²) in [6.45, 7) is 0. The van der Waals surface area contributed by atoms with Crippen LogP contribution >= 0.6 is 15.9 Å². The molecular weight excluding hydrogens is 222 g/mol. The van der Waals surface area contributed by atoms with Crippen LogP contribution in [0.2, 0.25) is 0 Å². The number of methoxy groups -OCH3 is 1. The summed E-state index contributed by atoms with van der Waals surface area (Å²) in [6, 6.07) is 0. The summed E-state index contributed by atoms with van der Waals surface area (Å²) < 4.78 is 5.43. The van der Waals surface area contributed by atoms with Crippen LogP contribution in [-0.2, 0) is 4.74 Å². The van der Waals surface area contributed by atoms with Gasteiger partial charge >= 0.3 is 6.09 Å². The van der Waals surface area contributed by atoms with Crippen LogP contribution in [0.25, 0.3) is 0 Å². The van der Waals surface area contributed by atoms with Gasteiger partial charge in [-0.15, -0.1) is 0 Å². The third-order valence-electron chi connectivity index (χ3n) is 1.28. The van der Waals surface area contributed by atoms with Crippen LogP contribution in [0, 0.1) is 0 Å². The molecule has 4 heteroatoms. The first kappa shape index (κ1) is 9.06.